The minimum atomic E-state index is 0.441. The molecule has 0 spiro atoms. The third-order valence-electron chi connectivity index (χ3n) is 2.51. The Labute approximate surface area is 81.4 Å². The van der Waals surface area contributed by atoms with Crippen molar-refractivity contribution >= 4 is 0 Å². The Bertz CT molecular complexity index is 131. The van der Waals surface area contributed by atoms with E-state index in [1.165, 1.54) is 12.8 Å². The highest BCUT2D eigenvalue weighted by Gasteiger charge is 2.17. The van der Waals surface area contributed by atoms with Crippen LogP contribution in [-0.4, -0.2) is 50.8 Å². The van der Waals surface area contributed by atoms with E-state index < -0.39 is 0 Å². The van der Waals surface area contributed by atoms with Crippen LogP contribution in [0, 0.1) is 0 Å². The Morgan fingerprint density at radius 1 is 1.38 bits per heavy atom. The SMILES string of the molecule is CC1CCC(OCCN(C)C)CN1. The first-order valence-corrected chi connectivity index (χ1v) is 5.18. The van der Waals surface area contributed by atoms with Crippen molar-refractivity contribution in [2.75, 3.05) is 33.8 Å². The number of hydrogen-bond donors (Lipinski definition) is 1. The van der Waals surface area contributed by atoms with Crippen molar-refractivity contribution in [3.8, 4) is 0 Å². The summed E-state index contributed by atoms with van der Waals surface area (Å²) < 4.78 is 5.74. The first-order valence-electron chi connectivity index (χ1n) is 5.18. The topological polar surface area (TPSA) is 24.5 Å². The van der Waals surface area contributed by atoms with Gasteiger partial charge in [0.15, 0.2) is 0 Å². The summed E-state index contributed by atoms with van der Waals surface area (Å²) in [5.74, 6) is 0. The van der Waals surface area contributed by atoms with Gasteiger partial charge in [0.25, 0.3) is 0 Å². The maximum Gasteiger partial charge on any atom is 0.0700 e. The van der Waals surface area contributed by atoms with Crippen molar-refractivity contribution in [1.29, 1.82) is 0 Å². The lowest BCUT2D eigenvalue weighted by Crippen LogP contribution is -2.41. The predicted molar refractivity (Wildman–Crippen MR) is 55.0 cm³/mol. The molecular weight excluding hydrogens is 164 g/mol. The molecule has 0 aromatic rings. The molecule has 13 heavy (non-hydrogen) atoms. The lowest BCUT2D eigenvalue weighted by atomic mass is 10.0. The second-order valence-electron chi connectivity index (χ2n) is 4.18. The molecule has 0 aliphatic carbocycles. The molecule has 1 rings (SSSR count). The quantitative estimate of drug-likeness (QED) is 0.699. The molecule has 1 N–H and O–H groups in total. The standard InChI is InChI=1S/C10H22N2O/c1-9-4-5-10(8-11-9)13-7-6-12(2)3/h9-11H,4-8H2,1-3H3. The summed E-state index contributed by atoms with van der Waals surface area (Å²) in [6, 6.07) is 0.675. The fourth-order valence-corrected chi connectivity index (χ4v) is 1.52. The van der Waals surface area contributed by atoms with Crippen LogP contribution in [0.2, 0.25) is 0 Å². The Kier molecular flexibility index (Phi) is 4.70. The van der Waals surface area contributed by atoms with E-state index in [9.17, 15) is 0 Å². The Morgan fingerprint density at radius 3 is 2.69 bits per heavy atom. The van der Waals surface area contributed by atoms with Gasteiger partial charge in [-0.1, -0.05) is 0 Å². The molecule has 2 atom stereocenters. The van der Waals surface area contributed by atoms with Crippen molar-refractivity contribution in [3.05, 3.63) is 0 Å². The van der Waals surface area contributed by atoms with Gasteiger partial charge in [0, 0.05) is 19.1 Å². The van der Waals surface area contributed by atoms with Crippen LogP contribution >= 0.6 is 0 Å². The van der Waals surface area contributed by atoms with E-state index in [1.54, 1.807) is 0 Å². The van der Waals surface area contributed by atoms with E-state index in [0.717, 1.165) is 19.7 Å². The lowest BCUT2D eigenvalue weighted by Gasteiger charge is -2.28. The molecule has 0 saturated carbocycles. The van der Waals surface area contributed by atoms with E-state index in [0.29, 0.717) is 12.1 Å². The molecule has 0 radical (unpaired) electrons. The van der Waals surface area contributed by atoms with Crippen LogP contribution < -0.4 is 5.32 Å². The summed E-state index contributed by atoms with van der Waals surface area (Å²) in [5, 5.41) is 3.43. The van der Waals surface area contributed by atoms with E-state index in [2.05, 4.69) is 31.2 Å². The number of hydrogen-bond acceptors (Lipinski definition) is 3. The van der Waals surface area contributed by atoms with Crippen LogP contribution in [-0.2, 0) is 4.74 Å². The van der Waals surface area contributed by atoms with Crippen LogP contribution in [0.4, 0.5) is 0 Å². The van der Waals surface area contributed by atoms with E-state index >= 15 is 0 Å². The second-order valence-corrected chi connectivity index (χ2v) is 4.18. The van der Waals surface area contributed by atoms with Gasteiger partial charge in [-0.05, 0) is 33.9 Å². The number of nitrogens with zero attached hydrogens (tertiary/aromatic N) is 1. The molecule has 78 valence electrons. The number of likely N-dealkylation sites (N-methyl/N-ethyl adjacent to an activating group) is 1. The Hall–Kier alpha value is -0.120. The van der Waals surface area contributed by atoms with Crippen LogP contribution in [0.25, 0.3) is 0 Å². The molecule has 0 amide bonds. The van der Waals surface area contributed by atoms with Gasteiger partial charge in [-0.2, -0.15) is 0 Å². The van der Waals surface area contributed by atoms with Gasteiger partial charge < -0.3 is 15.0 Å². The van der Waals surface area contributed by atoms with Gasteiger partial charge in [-0.3, -0.25) is 0 Å². The zero-order valence-electron chi connectivity index (χ0n) is 9.05. The van der Waals surface area contributed by atoms with Gasteiger partial charge in [0.1, 0.15) is 0 Å². The number of rotatable bonds is 4. The minimum Gasteiger partial charge on any atom is -0.376 e. The maximum atomic E-state index is 5.74. The molecule has 0 bridgehead atoms. The van der Waals surface area contributed by atoms with Gasteiger partial charge >= 0.3 is 0 Å². The molecule has 3 nitrogen and oxygen atoms in total. The molecule has 1 fully saturated rings. The first kappa shape index (κ1) is 11.0. The molecular formula is C10H22N2O. The minimum absolute atomic E-state index is 0.441. The van der Waals surface area contributed by atoms with Crippen LogP contribution in [0.5, 0.6) is 0 Å². The highest BCUT2D eigenvalue weighted by Crippen LogP contribution is 2.10. The molecule has 1 aliphatic heterocycles. The Morgan fingerprint density at radius 2 is 2.15 bits per heavy atom. The van der Waals surface area contributed by atoms with Crippen LogP contribution in [0.3, 0.4) is 0 Å². The van der Waals surface area contributed by atoms with E-state index in [4.69, 9.17) is 4.74 Å². The summed E-state index contributed by atoms with van der Waals surface area (Å²) in [6.07, 6.45) is 2.89. The van der Waals surface area contributed by atoms with Crippen molar-refractivity contribution in [2.24, 2.45) is 0 Å². The van der Waals surface area contributed by atoms with E-state index in [-0.39, 0.29) is 0 Å². The normalized spacial score (nSPS) is 29.5. The van der Waals surface area contributed by atoms with Crippen molar-refractivity contribution in [3.63, 3.8) is 0 Å². The largest absolute Gasteiger partial charge is 0.376 e. The number of ether oxygens (including phenoxy) is 1. The van der Waals surface area contributed by atoms with Crippen molar-refractivity contribution in [1.82, 2.24) is 10.2 Å². The summed E-state index contributed by atoms with van der Waals surface area (Å²) in [7, 11) is 4.15. The molecule has 1 aliphatic rings. The lowest BCUT2D eigenvalue weighted by molar-refractivity contribution is 0.0238. The monoisotopic (exact) mass is 186 g/mol. The molecule has 1 saturated heterocycles. The highest BCUT2D eigenvalue weighted by atomic mass is 16.5. The van der Waals surface area contributed by atoms with Crippen LogP contribution in [0.1, 0.15) is 19.8 Å². The fourth-order valence-electron chi connectivity index (χ4n) is 1.52. The molecule has 1 heterocycles. The summed E-state index contributed by atoms with van der Waals surface area (Å²) in [6.45, 7) is 5.13. The zero-order valence-corrected chi connectivity index (χ0v) is 9.05. The molecule has 2 unspecified atom stereocenters. The predicted octanol–water partition coefficient (Wildman–Crippen LogP) is 0.705. The van der Waals surface area contributed by atoms with Gasteiger partial charge in [0.05, 0.1) is 12.7 Å². The molecule has 0 aromatic carbocycles. The Balaban J connectivity index is 2.02. The third kappa shape index (κ3) is 4.60. The second kappa shape index (κ2) is 5.58. The molecule has 3 heteroatoms. The third-order valence-corrected chi connectivity index (χ3v) is 2.51. The van der Waals surface area contributed by atoms with E-state index in [1.807, 2.05) is 0 Å². The average Bonchev–Trinajstić information content (AvgIpc) is 2.08. The highest BCUT2D eigenvalue weighted by molar-refractivity contribution is 4.74. The average molecular weight is 186 g/mol. The number of nitrogens with one attached hydrogen (secondary N) is 1. The summed E-state index contributed by atoms with van der Waals surface area (Å²) in [5.41, 5.74) is 0. The van der Waals surface area contributed by atoms with Gasteiger partial charge in [-0.25, -0.2) is 0 Å². The fraction of sp³-hybridized carbons (Fsp3) is 1.00. The van der Waals surface area contributed by atoms with Crippen LogP contribution in [0.15, 0.2) is 0 Å². The van der Waals surface area contributed by atoms with Crippen molar-refractivity contribution < 1.29 is 4.74 Å². The van der Waals surface area contributed by atoms with Gasteiger partial charge in [-0.15, -0.1) is 0 Å². The summed E-state index contributed by atoms with van der Waals surface area (Å²) >= 11 is 0. The maximum absolute atomic E-state index is 5.74. The van der Waals surface area contributed by atoms with Crippen molar-refractivity contribution in [2.45, 2.75) is 31.9 Å². The zero-order chi connectivity index (χ0) is 9.68. The van der Waals surface area contributed by atoms with Gasteiger partial charge in [0.2, 0.25) is 0 Å². The number of piperidine rings is 1. The molecule has 0 aromatic heterocycles. The summed E-state index contributed by atoms with van der Waals surface area (Å²) in [4.78, 5) is 2.15. The first-order chi connectivity index (χ1) is 6.18. The smallest absolute Gasteiger partial charge is 0.0700 e.